The van der Waals surface area contributed by atoms with E-state index in [-0.39, 0.29) is 5.91 Å². The topological polar surface area (TPSA) is 23.6 Å². The molecule has 3 heteroatoms. The van der Waals surface area contributed by atoms with E-state index in [9.17, 15) is 4.79 Å². The summed E-state index contributed by atoms with van der Waals surface area (Å²) < 4.78 is 0. The van der Waals surface area contributed by atoms with Gasteiger partial charge in [0, 0.05) is 19.1 Å². The lowest BCUT2D eigenvalue weighted by Gasteiger charge is -2.41. The van der Waals surface area contributed by atoms with Gasteiger partial charge in [0.15, 0.2) is 0 Å². The van der Waals surface area contributed by atoms with Gasteiger partial charge in [-0.3, -0.25) is 9.69 Å². The molecule has 0 saturated carbocycles. The molecule has 0 aromatic rings. The number of nitrogens with zero attached hydrogens (tertiary/aromatic N) is 2. The summed E-state index contributed by atoms with van der Waals surface area (Å²) in [6, 6.07) is 0.805. The predicted octanol–water partition coefficient (Wildman–Crippen LogP) is 0.167. The van der Waals surface area contributed by atoms with Crippen LogP contribution >= 0.6 is 0 Å². The molecule has 64 valence electrons. The van der Waals surface area contributed by atoms with Crippen molar-refractivity contribution in [3.63, 3.8) is 0 Å². The van der Waals surface area contributed by atoms with Gasteiger partial charge in [0.1, 0.15) is 0 Å². The van der Waals surface area contributed by atoms with Gasteiger partial charge in [0.05, 0.1) is 6.54 Å². The molecule has 0 unspecified atom stereocenters. The highest BCUT2D eigenvalue weighted by Gasteiger charge is 2.30. The van der Waals surface area contributed by atoms with Crippen LogP contribution in [-0.4, -0.2) is 48.4 Å². The Morgan fingerprint density at radius 1 is 1.27 bits per heavy atom. The van der Waals surface area contributed by atoms with Gasteiger partial charge in [-0.15, -0.1) is 0 Å². The third-order valence-corrected chi connectivity index (χ3v) is 2.78. The summed E-state index contributed by atoms with van der Waals surface area (Å²) in [5.41, 5.74) is 0. The van der Waals surface area contributed by atoms with E-state index in [1.807, 2.05) is 19.0 Å². The molecule has 0 radical (unpaired) electrons. The molecule has 0 N–H and O–H groups in total. The molecule has 0 spiro atoms. The number of hydrogen-bond donors (Lipinski definition) is 0. The third kappa shape index (κ3) is 1.38. The number of rotatable bonds is 0. The highest BCUT2D eigenvalue weighted by Crippen LogP contribution is 2.13. The molecule has 11 heavy (non-hydrogen) atoms. The van der Waals surface area contributed by atoms with Crippen molar-refractivity contribution in [1.82, 2.24) is 9.80 Å². The van der Waals surface area contributed by atoms with E-state index in [0.717, 1.165) is 0 Å². The van der Waals surface area contributed by atoms with Crippen LogP contribution in [0.5, 0.6) is 0 Å². The monoisotopic (exact) mass is 156 g/mol. The predicted molar refractivity (Wildman–Crippen MR) is 44.3 cm³/mol. The fourth-order valence-corrected chi connectivity index (χ4v) is 1.39. The molecule has 1 amide bonds. The van der Waals surface area contributed by atoms with Crippen LogP contribution in [0, 0.1) is 0 Å². The zero-order valence-electron chi connectivity index (χ0n) is 7.66. The minimum Gasteiger partial charge on any atom is -0.340 e. The maximum absolute atomic E-state index is 11.2. The highest BCUT2D eigenvalue weighted by molar-refractivity contribution is 5.79. The largest absolute Gasteiger partial charge is 0.340 e. The highest BCUT2D eigenvalue weighted by atomic mass is 16.2. The van der Waals surface area contributed by atoms with Gasteiger partial charge in [0.2, 0.25) is 5.91 Å². The lowest BCUT2D eigenvalue weighted by molar-refractivity contribution is -0.139. The fourth-order valence-electron chi connectivity index (χ4n) is 1.39. The first-order chi connectivity index (χ1) is 5.04. The van der Waals surface area contributed by atoms with E-state index >= 15 is 0 Å². The van der Waals surface area contributed by atoms with Gasteiger partial charge in [-0.2, -0.15) is 0 Å². The maximum Gasteiger partial charge on any atom is 0.236 e. The number of carbonyl (C=O) groups excluding carboxylic acids is 1. The molecule has 1 saturated heterocycles. The molecular formula is C8H16N2O. The second-order valence-corrected chi connectivity index (χ2v) is 3.40. The van der Waals surface area contributed by atoms with Crippen LogP contribution in [0.2, 0.25) is 0 Å². The Morgan fingerprint density at radius 2 is 1.82 bits per heavy atom. The first-order valence-electron chi connectivity index (χ1n) is 4.00. The van der Waals surface area contributed by atoms with Gasteiger partial charge in [-0.05, 0) is 20.9 Å². The first kappa shape index (κ1) is 8.53. The van der Waals surface area contributed by atoms with Gasteiger partial charge >= 0.3 is 0 Å². The second-order valence-electron chi connectivity index (χ2n) is 3.40. The maximum atomic E-state index is 11.2. The Hall–Kier alpha value is -0.570. The lowest BCUT2D eigenvalue weighted by atomic mass is 10.1. The minimum absolute atomic E-state index is 0.220. The smallest absolute Gasteiger partial charge is 0.236 e. The zero-order valence-corrected chi connectivity index (χ0v) is 7.66. The number of likely N-dealkylation sites (N-methyl/N-ethyl adjacent to an activating group) is 2. The Kier molecular flexibility index (Phi) is 2.18. The van der Waals surface area contributed by atoms with Crippen LogP contribution in [0.3, 0.4) is 0 Å². The van der Waals surface area contributed by atoms with Gasteiger partial charge in [-0.25, -0.2) is 0 Å². The molecule has 0 aromatic carbocycles. The van der Waals surface area contributed by atoms with Crippen molar-refractivity contribution in [3.8, 4) is 0 Å². The standard InChI is InChI=1S/C8H16N2O/c1-6-7(2)10(4)8(11)5-9(6)3/h6-7H,5H2,1-4H3/t6-,7+/m1/s1. The Morgan fingerprint density at radius 3 is 2.36 bits per heavy atom. The summed E-state index contributed by atoms with van der Waals surface area (Å²) in [4.78, 5) is 15.2. The molecule has 1 aliphatic heterocycles. The summed E-state index contributed by atoms with van der Waals surface area (Å²) in [7, 11) is 3.86. The Labute approximate surface area is 68.0 Å². The molecule has 2 atom stereocenters. The molecule has 0 aliphatic carbocycles. The zero-order chi connectivity index (χ0) is 8.59. The van der Waals surface area contributed by atoms with Crippen LogP contribution in [0.4, 0.5) is 0 Å². The fraction of sp³-hybridized carbons (Fsp3) is 0.875. The number of hydrogen-bond acceptors (Lipinski definition) is 2. The molecule has 1 heterocycles. The average molecular weight is 156 g/mol. The van der Waals surface area contributed by atoms with E-state index in [2.05, 4.69) is 18.7 Å². The summed E-state index contributed by atoms with van der Waals surface area (Å²) in [6.07, 6.45) is 0. The van der Waals surface area contributed by atoms with Crippen LogP contribution in [0.1, 0.15) is 13.8 Å². The van der Waals surface area contributed by atoms with E-state index in [1.54, 1.807) is 0 Å². The molecule has 0 aromatic heterocycles. The van der Waals surface area contributed by atoms with Crippen molar-refractivity contribution in [2.45, 2.75) is 25.9 Å². The van der Waals surface area contributed by atoms with Crippen molar-refractivity contribution in [1.29, 1.82) is 0 Å². The first-order valence-corrected chi connectivity index (χ1v) is 4.00. The summed E-state index contributed by atoms with van der Waals surface area (Å²) >= 11 is 0. The third-order valence-electron chi connectivity index (χ3n) is 2.78. The van der Waals surface area contributed by atoms with E-state index in [1.165, 1.54) is 0 Å². The van der Waals surface area contributed by atoms with Crippen molar-refractivity contribution < 1.29 is 4.79 Å². The summed E-state index contributed by atoms with van der Waals surface area (Å²) in [5, 5.41) is 0. The van der Waals surface area contributed by atoms with Crippen molar-refractivity contribution >= 4 is 5.91 Å². The van der Waals surface area contributed by atoms with Crippen molar-refractivity contribution in [2.24, 2.45) is 0 Å². The SMILES string of the molecule is C[C@@H]1[C@H](C)N(C)C(=O)CN1C. The van der Waals surface area contributed by atoms with Crippen LogP contribution < -0.4 is 0 Å². The summed E-state index contributed by atoms with van der Waals surface area (Å²) in [5.74, 6) is 0.220. The number of piperazine rings is 1. The van der Waals surface area contributed by atoms with Crippen molar-refractivity contribution in [2.75, 3.05) is 20.6 Å². The van der Waals surface area contributed by atoms with Crippen molar-refractivity contribution in [3.05, 3.63) is 0 Å². The van der Waals surface area contributed by atoms with Crippen LogP contribution in [-0.2, 0) is 4.79 Å². The Bertz CT molecular complexity index is 169. The normalized spacial score (nSPS) is 34.5. The summed E-state index contributed by atoms with van der Waals surface area (Å²) in [6.45, 7) is 4.79. The molecule has 3 nitrogen and oxygen atoms in total. The van der Waals surface area contributed by atoms with E-state index in [0.29, 0.717) is 18.6 Å². The van der Waals surface area contributed by atoms with Crippen LogP contribution in [0.25, 0.3) is 0 Å². The Balaban J connectivity index is 2.70. The quantitative estimate of drug-likeness (QED) is 0.499. The van der Waals surface area contributed by atoms with Gasteiger partial charge in [0.25, 0.3) is 0 Å². The number of carbonyl (C=O) groups is 1. The molecule has 1 aliphatic rings. The molecule has 1 rings (SSSR count). The van der Waals surface area contributed by atoms with Gasteiger partial charge in [-0.1, -0.05) is 0 Å². The molecule has 1 fully saturated rings. The number of amides is 1. The molecular weight excluding hydrogens is 140 g/mol. The van der Waals surface area contributed by atoms with Gasteiger partial charge < -0.3 is 4.90 Å². The average Bonchev–Trinajstić information content (AvgIpc) is 1.97. The van der Waals surface area contributed by atoms with Crippen LogP contribution in [0.15, 0.2) is 0 Å². The van der Waals surface area contributed by atoms with E-state index < -0.39 is 0 Å². The second kappa shape index (κ2) is 2.81. The minimum atomic E-state index is 0.220. The lowest BCUT2D eigenvalue weighted by Crippen LogP contribution is -2.57. The molecule has 0 bridgehead atoms. The van der Waals surface area contributed by atoms with E-state index in [4.69, 9.17) is 0 Å².